The van der Waals surface area contributed by atoms with Gasteiger partial charge in [0.2, 0.25) is 0 Å². The normalized spacial score (nSPS) is 12.5. The Kier molecular flexibility index (Phi) is 6.27. The highest BCUT2D eigenvalue weighted by atomic mass is 79.9. The van der Waals surface area contributed by atoms with Crippen molar-refractivity contribution in [3.8, 4) is 5.69 Å². The van der Waals surface area contributed by atoms with Crippen molar-refractivity contribution < 1.29 is 4.43 Å². The van der Waals surface area contributed by atoms with Gasteiger partial charge in [0.05, 0.1) is 5.69 Å². The summed E-state index contributed by atoms with van der Waals surface area (Å²) in [4.78, 5) is 26.2. The first kappa shape index (κ1) is 22.7. The van der Waals surface area contributed by atoms with Gasteiger partial charge in [0.15, 0.2) is 8.32 Å². The van der Waals surface area contributed by atoms with Gasteiger partial charge in [0.25, 0.3) is 5.56 Å². The van der Waals surface area contributed by atoms with Crippen molar-refractivity contribution in [1.29, 1.82) is 0 Å². The van der Waals surface area contributed by atoms with E-state index in [1.807, 2.05) is 36.4 Å². The van der Waals surface area contributed by atoms with Crippen molar-refractivity contribution in [2.24, 2.45) is 7.05 Å². The van der Waals surface area contributed by atoms with E-state index in [4.69, 9.17) is 4.43 Å². The number of hydrogen-bond donors (Lipinski definition) is 0. The number of halogens is 1. The molecule has 0 N–H and O–H groups in total. The number of aryl methyl sites for hydroxylation is 1. The summed E-state index contributed by atoms with van der Waals surface area (Å²) in [5.41, 5.74) is 0.514. The molecule has 0 bridgehead atoms. The maximum atomic E-state index is 13.3. The van der Waals surface area contributed by atoms with E-state index in [2.05, 4.69) is 49.8 Å². The molecule has 2 aromatic carbocycles. The third kappa shape index (κ3) is 4.24. The van der Waals surface area contributed by atoms with Gasteiger partial charge < -0.3 is 8.99 Å². The van der Waals surface area contributed by atoms with Gasteiger partial charge in [-0.2, -0.15) is 0 Å². The van der Waals surface area contributed by atoms with Gasteiger partial charge in [0.1, 0.15) is 0 Å². The van der Waals surface area contributed by atoms with Crippen LogP contribution in [-0.2, 0) is 17.9 Å². The Hall–Kier alpha value is -1.96. The van der Waals surface area contributed by atoms with Crippen LogP contribution in [0.1, 0.15) is 26.3 Å². The molecule has 1 heterocycles. The maximum Gasteiger partial charge on any atom is 0.335 e. The molecule has 1 aromatic heterocycles. The first-order valence-electron chi connectivity index (χ1n) is 10.1. The zero-order valence-corrected chi connectivity index (χ0v) is 21.0. The lowest BCUT2D eigenvalue weighted by atomic mass is 10.1. The molecule has 0 fully saturated rings. The molecule has 3 aromatic rings. The van der Waals surface area contributed by atoms with E-state index in [1.165, 1.54) is 9.13 Å². The second kappa shape index (κ2) is 8.28. The van der Waals surface area contributed by atoms with Gasteiger partial charge >= 0.3 is 5.69 Å². The maximum absolute atomic E-state index is 13.3. The Labute approximate surface area is 186 Å². The van der Waals surface area contributed by atoms with Crippen LogP contribution in [0, 0.1) is 0 Å². The SMILES string of the molecule is Cn1cc(CCO[Si](C)(C)C(C)(C)C)c(=O)n(-c2cccc3c(Br)cccc23)c1=O. The van der Waals surface area contributed by atoms with Crippen LogP contribution < -0.4 is 11.2 Å². The number of nitrogens with zero attached hydrogens (tertiary/aromatic N) is 2. The standard InChI is InChI=1S/C23H29BrN2O3Si/c1-23(2,3)30(5,6)29-14-13-16-15-25(4)22(28)26(21(16)27)20-12-8-9-17-18(20)10-7-11-19(17)24/h7-12,15H,13-14H2,1-6H3. The molecular weight excluding hydrogens is 460 g/mol. The van der Waals surface area contributed by atoms with Crippen molar-refractivity contribution in [2.45, 2.75) is 45.3 Å². The first-order chi connectivity index (χ1) is 13.9. The molecule has 0 radical (unpaired) electrons. The van der Waals surface area contributed by atoms with Gasteiger partial charge in [-0.3, -0.25) is 4.79 Å². The lowest BCUT2D eigenvalue weighted by molar-refractivity contribution is 0.291. The molecule has 0 spiro atoms. The van der Waals surface area contributed by atoms with Crippen molar-refractivity contribution in [2.75, 3.05) is 6.61 Å². The molecule has 160 valence electrons. The number of fused-ring (bicyclic) bond motifs is 1. The number of benzene rings is 2. The summed E-state index contributed by atoms with van der Waals surface area (Å²) in [6, 6.07) is 11.4. The highest BCUT2D eigenvalue weighted by Gasteiger charge is 2.36. The molecule has 5 nitrogen and oxygen atoms in total. The molecule has 0 aliphatic carbocycles. The Morgan fingerprint density at radius 2 is 1.67 bits per heavy atom. The lowest BCUT2D eigenvalue weighted by Gasteiger charge is -2.36. The number of rotatable bonds is 5. The van der Waals surface area contributed by atoms with E-state index in [1.54, 1.807) is 13.2 Å². The highest BCUT2D eigenvalue weighted by molar-refractivity contribution is 9.10. The zero-order chi connectivity index (χ0) is 22.3. The highest BCUT2D eigenvalue weighted by Crippen LogP contribution is 2.36. The van der Waals surface area contributed by atoms with Gasteiger partial charge in [-0.1, -0.05) is 61.0 Å². The third-order valence-electron chi connectivity index (χ3n) is 6.05. The van der Waals surface area contributed by atoms with E-state index < -0.39 is 8.32 Å². The van der Waals surface area contributed by atoms with Gasteiger partial charge in [-0.25, -0.2) is 9.36 Å². The molecule has 30 heavy (non-hydrogen) atoms. The predicted octanol–water partition coefficient (Wildman–Crippen LogP) is 5.02. The second-order valence-electron chi connectivity index (χ2n) is 9.16. The van der Waals surface area contributed by atoms with E-state index >= 15 is 0 Å². The number of hydrogen-bond acceptors (Lipinski definition) is 3. The second-order valence-corrected chi connectivity index (χ2v) is 14.8. The summed E-state index contributed by atoms with van der Waals surface area (Å²) in [7, 11) is -0.225. The van der Waals surface area contributed by atoms with Crippen LogP contribution in [0.3, 0.4) is 0 Å². The van der Waals surface area contributed by atoms with Crippen molar-refractivity contribution in [1.82, 2.24) is 9.13 Å². The Morgan fingerprint density at radius 3 is 2.33 bits per heavy atom. The average molecular weight is 489 g/mol. The Morgan fingerprint density at radius 1 is 1.03 bits per heavy atom. The fourth-order valence-corrected chi connectivity index (χ4v) is 4.74. The zero-order valence-electron chi connectivity index (χ0n) is 18.5. The van der Waals surface area contributed by atoms with E-state index in [0.717, 1.165) is 15.2 Å². The lowest BCUT2D eigenvalue weighted by Crippen LogP contribution is -2.42. The largest absolute Gasteiger partial charge is 0.416 e. The van der Waals surface area contributed by atoms with Crippen molar-refractivity contribution >= 4 is 35.0 Å². The molecule has 0 aliphatic rings. The summed E-state index contributed by atoms with van der Waals surface area (Å²) in [5, 5.41) is 1.91. The predicted molar refractivity (Wildman–Crippen MR) is 129 cm³/mol. The van der Waals surface area contributed by atoms with Crippen molar-refractivity contribution in [3.63, 3.8) is 0 Å². The minimum Gasteiger partial charge on any atom is -0.416 e. The minimum atomic E-state index is -1.90. The molecular formula is C23H29BrN2O3Si. The van der Waals surface area contributed by atoms with Gasteiger partial charge in [0, 0.05) is 41.7 Å². The van der Waals surface area contributed by atoms with E-state index in [9.17, 15) is 9.59 Å². The Balaban J connectivity index is 2.05. The van der Waals surface area contributed by atoms with Crippen molar-refractivity contribution in [3.05, 3.63) is 73.5 Å². The van der Waals surface area contributed by atoms with Gasteiger partial charge in [-0.05, 0) is 35.7 Å². The minimum absolute atomic E-state index is 0.104. The Bertz CT molecular complexity index is 1210. The smallest absolute Gasteiger partial charge is 0.335 e. The molecule has 7 heteroatoms. The molecule has 0 atom stereocenters. The molecule has 0 amide bonds. The monoisotopic (exact) mass is 488 g/mol. The number of aromatic nitrogens is 2. The summed E-state index contributed by atoms with van der Waals surface area (Å²) in [5.74, 6) is 0. The van der Waals surface area contributed by atoms with Crippen LogP contribution in [0.5, 0.6) is 0 Å². The average Bonchev–Trinajstić information content (AvgIpc) is 2.65. The van der Waals surface area contributed by atoms with E-state index in [0.29, 0.717) is 24.3 Å². The van der Waals surface area contributed by atoms with Crippen LogP contribution >= 0.6 is 15.9 Å². The first-order valence-corrected chi connectivity index (χ1v) is 13.8. The van der Waals surface area contributed by atoms with Crippen LogP contribution in [0.15, 0.2) is 56.7 Å². The molecule has 0 unspecified atom stereocenters. The fourth-order valence-electron chi connectivity index (χ4n) is 3.20. The fraction of sp³-hybridized carbons (Fsp3) is 0.391. The summed E-state index contributed by atoms with van der Waals surface area (Å²) in [6.45, 7) is 11.4. The van der Waals surface area contributed by atoms with Crippen LogP contribution in [0.2, 0.25) is 18.1 Å². The third-order valence-corrected chi connectivity index (χ3v) is 11.3. The van der Waals surface area contributed by atoms with E-state index in [-0.39, 0.29) is 16.3 Å². The molecule has 0 saturated carbocycles. The molecule has 0 aliphatic heterocycles. The summed E-state index contributed by atoms with van der Waals surface area (Å²) in [6.07, 6.45) is 2.10. The topological polar surface area (TPSA) is 53.2 Å². The van der Waals surface area contributed by atoms with Gasteiger partial charge in [-0.15, -0.1) is 0 Å². The van der Waals surface area contributed by atoms with Crippen LogP contribution in [-0.4, -0.2) is 24.1 Å². The van der Waals surface area contributed by atoms with Crippen LogP contribution in [0.25, 0.3) is 16.5 Å². The molecule has 3 rings (SSSR count). The summed E-state index contributed by atoms with van der Waals surface area (Å²) >= 11 is 3.55. The van der Waals surface area contributed by atoms with Crippen LogP contribution in [0.4, 0.5) is 0 Å². The molecule has 0 saturated heterocycles. The summed E-state index contributed by atoms with van der Waals surface area (Å²) < 4.78 is 9.92. The quantitative estimate of drug-likeness (QED) is 0.473.